The molecule has 0 saturated heterocycles. The van der Waals surface area contributed by atoms with Gasteiger partial charge in [-0.1, -0.05) is 0 Å². The van der Waals surface area contributed by atoms with Gasteiger partial charge in [-0.3, -0.25) is 0 Å². The zero-order valence-corrected chi connectivity index (χ0v) is 7.57. The summed E-state index contributed by atoms with van der Waals surface area (Å²) >= 11 is 16.8. The van der Waals surface area contributed by atoms with Crippen molar-refractivity contribution >= 4 is 34.8 Å². The van der Waals surface area contributed by atoms with Gasteiger partial charge in [-0.2, -0.15) is 0 Å². The minimum Gasteiger partial charge on any atom is -0.516 e. The summed E-state index contributed by atoms with van der Waals surface area (Å²) < 4.78 is 0. The molecule has 10 heavy (non-hydrogen) atoms. The van der Waals surface area contributed by atoms with Crippen LogP contribution in [0.3, 0.4) is 0 Å². The number of alkyl halides is 3. The molecule has 0 aliphatic rings. The number of aliphatic hydroxyl groups is 1. The van der Waals surface area contributed by atoms with Crippen molar-refractivity contribution < 1.29 is 5.11 Å². The molecule has 60 valence electrons. The van der Waals surface area contributed by atoms with Gasteiger partial charge in [0.15, 0.2) is 0 Å². The second-order valence-electron chi connectivity index (χ2n) is 1.78. The molecule has 0 heterocycles. The molecule has 0 fully saturated rings. The third-order valence-electron chi connectivity index (χ3n) is 1.00. The van der Waals surface area contributed by atoms with Gasteiger partial charge in [-0.15, -0.1) is 34.8 Å². The predicted octanol–water partition coefficient (Wildman–Crippen LogP) is 2.90. The van der Waals surface area contributed by atoms with Crippen molar-refractivity contribution in [2.24, 2.45) is 0 Å². The fourth-order valence-corrected chi connectivity index (χ4v) is 1.20. The van der Waals surface area contributed by atoms with Crippen molar-refractivity contribution in [2.75, 3.05) is 5.88 Å². The Hall–Kier alpha value is 0.410. The molecule has 2 atom stereocenters. The van der Waals surface area contributed by atoms with E-state index in [0.717, 1.165) is 6.26 Å². The van der Waals surface area contributed by atoms with E-state index in [0.29, 0.717) is 12.3 Å². The Bertz CT molecular complexity index is 105. The van der Waals surface area contributed by atoms with Crippen molar-refractivity contribution in [1.29, 1.82) is 0 Å². The topological polar surface area (TPSA) is 20.2 Å². The summed E-state index contributed by atoms with van der Waals surface area (Å²) in [7, 11) is 0. The standard InChI is InChI=1S/C6H9Cl3O/c7-3-1-5(8)6(9)2-4-10/h2,4-6,10H,1,3H2. The fourth-order valence-electron chi connectivity index (χ4n) is 0.466. The fraction of sp³-hybridized carbons (Fsp3) is 0.667. The maximum absolute atomic E-state index is 8.30. The molecule has 1 N–H and O–H groups in total. The van der Waals surface area contributed by atoms with Crippen LogP contribution in [0.15, 0.2) is 12.3 Å². The first-order valence-electron chi connectivity index (χ1n) is 2.87. The van der Waals surface area contributed by atoms with Crippen LogP contribution in [-0.2, 0) is 0 Å². The Morgan fingerprint density at radius 2 is 2.00 bits per heavy atom. The highest BCUT2D eigenvalue weighted by atomic mass is 35.5. The van der Waals surface area contributed by atoms with Gasteiger partial charge in [-0.05, 0) is 12.5 Å². The van der Waals surface area contributed by atoms with E-state index >= 15 is 0 Å². The summed E-state index contributed by atoms with van der Waals surface area (Å²) in [6.07, 6.45) is 2.95. The zero-order valence-electron chi connectivity index (χ0n) is 5.30. The smallest absolute Gasteiger partial charge is 0.0767 e. The first-order valence-corrected chi connectivity index (χ1v) is 4.28. The summed E-state index contributed by atoms with van der Waals surface area (Å²) in [5, 5.41) is 7.75. The molecule has 0 rings (SSSR count). The van der Waals surface area contributed by atoms with Gasteiger partial charge in [-0.25, -0.2) is 0 Å². The molecule has 2 unspecified atom stereocenters. The second kappa shape index (κ2) is 6.14. The molecule has 0 spiro atoms. The van der Waals surface area contributed by atoms with Crippen LogP contribution < -0.4 is 0 Å². The molecule has 0 aliphatic heterocycles. The van der Waals surface area contributed by atoms with E-state index in [9.17, 15) is 0 Å². The molecule has 0 aromatic heterocycles. The highest BCUT2D eigenvalue weighted by Crippen LogP contribution is 2.15. The van der Waals surface area contributed by atoms with E-state index in [4.69, 9.17) is 39.9 Å². The number of halogens is 3. The van der Waals surface area contributed by atoms with Gasteiger partial charge < -0.3 is 5.11 Å². The molecule has 0 amide bonds. The molecule has 0 aliphatic carbocycles. The van der Waals surface area contributed by atoms with Gasteiger partial charge in [0.1, 0.15) is 0 Å². The molecule has 0 bridgehead atoms. The van der Waals surface area contributed by atoms with Crippen LogP contribution in [0.4, 0.5) is 0 Å². The van der Waals surface area contributed by atoms with E-state index in [-0.39, 0.29) is 10.8 Å². The quantitative estimate of drug-likeness (QED) is 0.550. The summed E-state index contributed by atoms with van der Waals surface area (Å²) in [4.78, 5) is 0. The van der Waals surface area contributed by atoms with Crippen LogP contribution in [0.2, 0.25) is 0 Å². The Labute approximate surface area is 75.6 Å². The average molecular weight is 203 g/mol. The van der Waals surface area contributed by atoms with E-state index in [1.807, 2.05) is 0 Å². The Balaban J connectivity index is 3.58. The molecule has 0 saturated carbocycles. The maximum Gasteiger partial charge on any atom is 0.0767 e. The molecular formula is C6H9Cl3O. The lowest BCUT2D eigenvalue weighted by atomic mass is 10.2. The SMILES string of the molecule is OC=CC(Cl)C(Cl)CCCl. The molecule has 0 aromatic rings. The largest absolute Gasteiger partial charge is 0.516 e. The monoisotopic (exact) mass is 202 g/mol. The number of rotatable bonds is 4. The van der Waals surface area contributed by atoms with E-state index in [1.165, 1.54) is 6.08 Å². The Kier molecular flexibility index (Phi) is 6.39. The first kappa shape index (κ1) is 10.4. The lowest BCUT2D eigenvalue weighted by Gasteiger charge is -2.08. The molecule has 0 radical (unpaired) electrons. The number of allylic oxidation sites excluding steroid dienone is 1. The van der Waals surface area contributed by atoms with Crippen molar-refractivity contribution in [2.45, 2.75) is 17.2 Å². The number of aliphatic hydroxyl groups excluding tert-OH is 1. The maximum atomic E-state index is 8.30. The minimum atomic E-state index is -0.342. The van der Waals surface area contributed by atoms with Gasteiger partial charge >= 0.3 is 0 Å². The highest BCUT2D eigenvalue weighted by molar-refractivity contribution is 6.31. The third kappa shape index (κ3) is 4.26. The summed E-state index contributed by atoms with van der Waals surface area (Å²) in [6.45, 7) is 0. The van der Waals surface area contributed by atoms with Crippen LogP contribution >= 0.6 is 34.8 Å². The summed E-state index contributed by atoms with van der Waals surface area (Å²) in [6, 6.07) is 0. The predicted molar refractivity (Wildman–Crippen MR) is 46.4 cm³/mol. The third-order valence-corrected chi connectivity index (χ3v) is 2.29. The van der Waals surface area contributed by atoms with Gasteiger partial charge in [0.25, 0.3) is 0 Å². The normalized spacial score (nSPS) is 17.5. The van der Waals surface area contributed by atoms with Crippen molar-refractivity contribution in [3.05, 3.63) is 12.3 Å². The Morgan fingerprint density at radius 1 is 1.40 bits per heavy atom. The first-order chi connectivity index (χ1) is 4.72. The zero-order chi connectivity index (χ0) is 7.98. The van der Waals surface area contributed by atoms with Crippen LogP contribution in [0.5, 0.6) is 0 Å². The summed E-state index contributed by atoms with van der Waals surface area (Å²) in [5.41, 5.74) is 0. The van der Waals surface area contributed by atoms with Crippen LogP contribution in [0, 0.1) is 0 Å². The number of hydrogen-bond donors (Lipinski definition) is 1. The summed E-state index contributed by atoms with van der Waals surface area (Å²) in [5.74, 6) is 0.483. The van der Waals surface area contributed by atoms with Crippen LogP contribution in [-0.4, -0.2) is 21.7 Å². The lowest BCUT2D eigenvalue weighted by Crippen LogP contribution is -2.12. The van der Waals surface area contributed by atoms with Gasteiger partial charge in [0.2, 0.25) is 0 Å². The van der Waals surface area contributed by atoms with Crippen molar-refractivity contribution in [3.63, 3.8) is 0 Å². The van der Waals surface area contributed by atoms with Crippen LogP contribution in [0.1, 0.15) is 6.42 Å². The van der Waals surface area contributed by atoms with Crippen LogP contribution in [0.25, 0.3) is 0 Å². The average Bonchev–Trinajstić information content (AvgIpc) is 1.89. The highest BCUT2D eigenvalue weighted by Gasteiger charge is 2.12. The molecular weight excluding hydrogens is 194 g/mol. The van der Waals surface area contributed by atoms with E-state index in [2.05, 4.69) is 0 Å². The molecule has 1 nitrogen and oxygen atoms in total. The van der Waals surface area contributed by atoms with Gasteiger partial charge in [0, 0.05) is 5.88 Å². The number of hydrogen-bond acceptors (Lipinski definition) is 1. The van der Waals surface area contributed by atoms with Crippen molar-refractivity contribution in [3.8, 4) is 0 Å². The Morgan fingerprint density at radius 3 is 2.40 bits per heavy atom. The van der Waals surface area contributed by atoms with Crippen molar-refractivity contribution in [1.82, 2.24) is 0 Å². The molecule has 0 aromatic carbocycles. The van der Waals surface area contributed by atoms with E-state index < -0.39 is 0 Å². The lowest BCUT2D eigenvalue weighted by molar-refractivity contribution is 0.470. The van der Waals surface area contributed by atoms with Gasteiger partial charge in [0.05, 0.1) is 17.0 Å². The minimum absolute atomic E-state index is 0.206. The van der Waals surface area contributed by atoms with E-state index in [1.54, 1.807) is 0 Å². The second-order valence-corrected chi connectivity index (χ2v) is 3.22. The molecule has 4 heteroatoms.